The monoisotopic (exact) mass is 339 g/mol. The van der Waals surface area contributed by atoms with Crippen LogP contribution in [0.4, 0.5) is 0 Å². The summed E-state index contributed by atoms with van der Waals surface area (Å²) in [5.74, 6) is 0.136. The maximum absolute atomic E-state index is 12.8. The molecule has 1 saturated heterocycles. The molecule has 1 aliphatic heterocycles. The van der Waals surface area contributed by atoms with Gasteiger partial charge >= 0.3 is 0 Å². The molecule has 1 aromatic carbocycles. The smallest absolute Gasteiger partial charge is 0.274 e. The number of aromatic nitrogens is 2. The van der Waals surface area contributed by atoms with Gasteiger partial charge < -0.3 is 4.90 Å². The zero-order valence-electron chi connectivity index (χ0n) is 15.2. The fourth-order valence-corrected chi connectivity index (χ4v) is 3.79. The highest BCUT2D eigenvalue weighted by molar-refractivity contribution is 5.93. The van der Waals surface area contributed by atoms with E-state index in [0.717, 1.165) is 17.8 Å². The molecule has 0 unspecified atom stereocenters. The number of likely N-dealkylation sites (tertiary alicyclic amines) is 1. The highest BCUT2D eigenvalue weighted by Crippen LogP contribution is 2.36. The highest BCUT2D eigenvalue weighted by atomic mass is 16.2. The molecule has 1 aliphatic rings. The summed E-state index contributed by atoms with van der Waals surface area (Å²) in [7, 11) is 0. The Morgan fingerprint density at radius 2 is 1.80 bits per heavy atom. The van der Waals surface area contributed by atoms with Crippen LogP contribution < -0.4 is 0 Å². The number of benzene rings is 1. The number of nitrogens with zero attached hydrogens (tertiary/aromatic N) is 3. The summed E-state index contributed by atoms with van der Waals surface area (Å²) >= 11 is 0. The van der Waals surface area contributed by atoms with E-state index in [9.17, 15) is 9.59 Å². The Morgan fingerprint density at radius 3 is 2.32 bits per heavy atom. The lowest BCUT2D eigenvalue weighted by Crippen LogP contribution is -2.48. The third-order valence-electron chi connectivity index (χ3n) is 5.40. The summed E-state index contributed by atoms with van der Waals surface area (Å²) in [4.78, 5) is 27.0. The Kier molecular flexibility index (Phi) is 4.75. The number of hydrogen-bond acceptors (Lipinski definition) is 3. The van der Waals surface area contributed by atoms with Crippen LogP contribution in [0, 0.1) is 6.92 Å². The first-order valence-electron chi connectivity index (χ1n) is 8.88. The van der Waals surface area contributed by atoms with Crippen molar-refractivity contribution in [2.24, 2.45) is 0 Å². The van der Waals surface area contributed by atoms with Gasteiger partial charge in [-0.15, -0.1) is 0 Å². The summed E-state index contributed by atoms with van der Waals surface area (Å²) in [6.45, 7) is 7.53. The van der Waals surface area contributed by atoms with Gasteiger partial charge in [0.15, 0.2) is 5.69 Å². The zero-order valence-corrected chi connectivity index (χ0v) is 15.2. The van der Waals surface area contributed by atoms with Crippen molar-refractivity contribution in [2.45, 2.75) is 45.6 Å². The third kappa shape index (κ3) is 3.11. The molecule has 3 rings (SSSR count). The van der Waals surface area contributed by atoms with E-state index in [4.69, 9.17) is 0 Å². The number of rotatable bonds is 4. The van der Waals surface area contributed by atoms with Crippen molar-refractivity contribution >= 4 is 11.7 Å². The Labute approximate surface area is 148 Å². The number of piperidine rings is 1. The van der Waals surface area contributed by atoms with Crippen LogP contribution in [0.25, 0.3) is 0 Å². The molecule has 0 N–H and O–H groups in total. The largest absolute Gasteiger partial charge is 0.337 e. The molecule has 0 saturated carbocycles. The van der Waals surface area contributed by atoms with Crippen molar-refractivity contribution in [3.63, 3.8) is 0 Å². The second-order valence-corrected chi connectivity index (χ2v) is 6.78. The summed E-state index contributed by atoms with van der Waals surface area (Å²) in [6.07, 6.45) is 1.32. The highest BCUT2D eigenvalue weighted by Gasteiger charge is 2.41. The first-order valence-corrected chi connectivity index (χ1v) is 8.88. The van der Waals surface area contributed by atoms with Crippen LogP contribution in [0.2, 0.25) is 0 Å². The summed E-state index contributed by atoms with van der Waals surface area (Å²) in [5.41, 5.74) is 2.07. The van der Waals surface area contributed by atoms with Gasteiger partial charge in [-0.05, 0) is 45.2 Å². The number of amides is 1. The molecular formula is C20H25N3O2. The molecule has 25 heavy (non-hydrogen) atoms. The van der Waals surface area contributed by atoms with E-state index in [0.29, 0.717) is 31.6 Å². The van der Waals surface area contributed by atoms with E-state index < -0.39 is 5.41 Å². The van der Waals surface area contributed by atoms with Crippen molar-refractivity contribution in [1.82, 2.24) is 14.7 Å². The summed E-state index contributed by atoms with van der Waals surface area (Å²) < 4.78 is 1.83. The SMILES string of the molecule is CCn1nc(C(=O)N2CCC(C(C)=O)(c3ccccc3)CC2)cc1C. The summed E-state index contributed by atoms with van der Waals surface area (Å²) in [6, 6.07) is 11.8. The third-order valence-corrected chi connectivity index (χ3v) is 5.40. The van der Waals surface area contributed by atoms with Crippen molar-refractivity contribution < 1.29 is 9.59 Å². The number of ketones is 1. The summed E-state index contributed by atoms with van der Waals surface area (Å²) in [5, 5.41) is 4.39. The average Bonchev–Trinajstić information content (AvgIpc) is 3.02. The molecule has 132 valence electrons. The molecule has 2 aromatic rings. The van der Waals surface area contributed by atoms with E-state index in [1.807, 2.05) is 59.8 Å². The van der Waals surface area contributed by atoms with Crippen LogP contribution >= 0.6 is 0 Å². The van der Waals surface area contributed by atoms with Crippen LogP contribution in [0.15, 0.2) is 36.4 Å². The molecule has 1 fully saturated rings. The fraction of sp³-hybridized carbons (Fsp3) is 0.450. The Morgan fingerprint density at radius 1 is 1.16 bits per heavy atom. The Balaban J connectivity index is 1.78. The molecule has 1 amide bonds. The molecule has 5 nitrogen and oxygen atoms in total. The number of carbonyl (C=O) groups excluding carboxylic acids is 2. The maximum Gasteiger partial charge on any atom is 0.274 e. The second-order valence-electron chi connectivity index (χ2n) is 6.78. The van der Waals surface area contributed by atoms with Crippen LogP contribution in [0.5, 0.6) is 0 Å². The van der Waals surface area contributed by atoms with Gasteiger partial charge in [-0.2, -0.15) is 5.10 Å². The minimum Gasteiger partial charge on any atom is -0.337 e. The van der Waals surface area contributed by atoms with Crippen LogP contribution in [0.1, 0.15) is 48.4 Å². The van der Waals surface area contributed by atoms with E-state index in [2.05, 4.69) is 5.10 Å². The number of carbonyl (C=O) groups is 2. The molecular weight excluding hydrogens is 314 g/mol. The maximum atomic E-state index is 12.8. The normalized spacial score (nSPS) is 16.7. The van der Waals surface area contributed by atoms with Gasteiger partial charge in [0.25, 0.3) is 5.91 Å². The van der Waals surface area contributed by atoms with Gasteiger partial charge in [0, 0.05) is 25.3 Å². The predicted octanol–water partition coefficient (Wildman–Crippen LogP) is 2.97. The van der Waals surface area contributed by atoms with Crippen LogP contribution in [-0.2, 0) is 16.8 Å². The topological polar surface area (TPSA) is 55.2 Å². The van der Waals surface area contributed by atoms with E-state index in [-0.39, 0.29) is 11.7 Å². The molecule has 5 heteroatoms. The molecule has 0 aliphatic carbocycles. The van der Waals surface area contributed by atoms with Crippen molar-refractivity contribution in [3.05, 3.63) is 53.3 Å². The van der Waals surface area contributed by atoms with Gasteiger partial charge in [-0.1, -0.05) is 30.3 Å². The minimum atomic E-state index is -0.475. The predicted molar refractivity (Wildman–Crippen MR) is 96.6 cm³/mol. The Bertz CT molecular complexity index is 771. The first kappa shape index (κ1) is 17.4. The lowest BCUT2D eigenvalue weighted by atomic mass is 9.70. The van der Waals surface area contributed by atoms with Gasteiger partial charge in [0.05, 0.1) is 5.41 Å². The lowest BCUT2D eigenvalue weighted by Gasteiger charge is -2.40. The van der Waals surface area contributed by atoms with Gasteiger partial charge in [-0.25, -0.2) is 0 Å². The molecule has 1 aromatic heterocycles. The first-order chi connectivity index (χ1) is 12.0. The standard InChI is InChI=1S/C20H25N3O2/c1-4-23-15(2)14-18(21-23)19(25)22-12-10-20(11-13-22,16(3)24)17-8-6-5-7-9-17/h5-9,14H,4,10-13H2,1-3H3. The molecule has 0 radical (unpaired) electrons. The lowest BCUT2D eigenvalue weighted by molar-refractivity contribution is -0.124. The van der Waals surface area contributed by atoms with Crippen LogP contribution in [-0.4, -0.2) is 39.5 Å². The average molecular weight is 339 g/mol. The van der Waals surface area contributed by atoms with Gasteiger partial charge in [0.2, 0.25) is 0 Å². The van der Waals surface area contributed by atoms with Gasteiger partial charge in [0.1, 0.15) is 5.78 Å². The van der Waals surface area contributed by atoms with E-state index in [1.165, 1.54) is 0 Å². The van der Waals surface area contributed by atoms with Crippen molar-refractivity contribution in [2.75, 3.05) is 13.1 Å². The molecule has 2 heterocycles. The second kappa shape index (κ2) is 6.82. The quantitative estimate of drug-likeness (QED) is 0.860. The zero-order chi connectivity index (χ0) is 18.0. The van der Waals surface area contributed by atoms with Gasteiger partial charge in [-0.3, -0.25) is 14.3 Å². The van der Waals surface area contributed by atoms with E-state index >= 15 is 0 Å². The molecule has 0 atom stereocenters. The van der Waals surface area contributed by atoms with E-state index in [1.54, 1.807) is 6.92 Å². The van der Waals surface area contributed by atoms with Crippen molar-refractivity contribution in [3.8, 4) is 0 Å². The fourth-order valence-electron chi connectivity index (χ4n) is 3.79. The minimum absolute atomic E-state index is 0.0412. The number of aryl methyl sites for hydroxylation is 2. The number of Topliss-reactive ketones (excluding diaryl/α,β-unsaturated/α-hetero) is 1. The molecule has 0 bridgehead atoms. The van der Waals surface area contributed by atoms with Crippen LogP contribution in [0.3, 0.4) is 0 Å². The molecule has 0 spiro atoms. The number of hydrogen-bond donors (Lipinski definition) is 0. The van der Waals surface area contributed by atoms with Crippen molar-refractivity contribution in [1.29, 1.82) is 0 Å². The Hall–Kier alpha value is -2.43.